The molecule has 0 saturated carbocycles. The Morgan fingerprint density at radius 2 is 1.81 bits per heavy atom. The fraction of sp³-hybridized carbons (Fsp3) is 0.105. The van der Waals surface area contributed by atoms with Gasteiger partial charge in [-0.25, -0.2) is 4.79 Å². The molecule has 8 nitrogen and oxygen atoms in total. The van der Waals surface area contributed by atoms with Crippen LogP contribution in [0.15, 0.2) is 46.8 Å². The fourth-order valence-corrected chi connectivity index (χ4v) is 4.33. The number of rotatable bonds is 7. The number of nitrogens with zero attached hydrogens (tertiary/aromatic N) is 2. The van der Waals surface area contributed by atoms with Crippen LogP contribution in [0.1, 0.15) is 20.7 Å². The average Bonchev–Trinajstić information content (AvgIpc) is 3.19. The number of halogens is 2. The molecule has 0 aliphatic rings. The van der Waals surface area contributed by atoms with Crippen LogP contribution in [-0.4, -0.2) is 40.8 Å². The van der Waals surface area contributed by atoms with Crippen LogP contribution in [-0.2, 0) is 9.53 Å². The Labute approximate surface area is 195 Å². The van der Waals surface area contributed by atoms with E-state index in [2.05, 4.69) is 25.6 Å². The van der Waals surface area contributed by atoms with Gasteiger partial charge in [-0.15, -0.1) is 10.2 Å². The van der Waals surface area contributed by atoms with Crippen LogP contribution in [0.2, 0.25) is 10.0 Å². The Morgan fingerprint density at radius 1 is 1.06 bits per heavy atom. The van der Waals surface area contributed by atoms with Gasteiger partial charge in [0.1, 0.15) is 0 Å². The summed E-state index contributed by atoms with van der Waals surface area (Å²) in [7, 11) is 1.30. The molecule has 0 aliphatic heterocycles. The molecule has 0 unspecified atom stereocenters. The molecule has 0 bridgehead atoms. The summed E-state index contributed by atoms with van der Waals surface area (Å²) in [5.41, 5.74) is 1.19. The lowest BCUT2D eigenvalue weighted by molar-refractivity contribution is -0.113. The highest BCUT2D eigenvalue weighted by atomic mass is 35.5. The zero-order valence-electron chi connectivity index (χ0n) is 15.8. The number of anilines is 2. The molecule has 0 fully saturated rings. The van der Waals surface area contributed by atoms with Crippen molar-refractivity contribution in [2.24, 2.45) is 0 Å². The summed E-state index contributed by atoms with van der Waals surface area (Å²) in [6.45, 7) is 0. The van der Waals surface area contributed by atoms with Crippen molar-refractivity contribution in [1.82, 2.24) is 10.2 Å². The molecule has 3 rings (SSSR count). The van der Waals surface area contributed by atoms with E-state index in [1.54, 1.807) is 30.3 Å². The molecule has 160 valence electrons. The van der Waals surface area contributed by atoms with Gasteiger partial charge in [-0.3, -0.25) is 14.9 Å². The molecular formula is C19H14Cl2N4O4S2. The molecule has 0 aliphatic carbocycles. The highest BCUT2D eigenvalue weighted by molar-refractivity contribution is 8.01. The van der Waals surface area contributed by atoms with E-state index in [1.165, 1.54) is 31.0 Å². The number of carbonyl (C=O) groups is 3. The molecule has 0 spiro atoms. The summed E-state index contributed by atoms with van der Waals surface area (Å²) < 4.78 is 5.14. The van der Waals surface area contributed by atoms with Gasteiger partial charge in [-0.1, -0.05) is 46.3 Å². The molecule has 31 heavy (non-hydrogen) atoms. The molecule has 2 N–H and O–H groups in total. The van der Waals surface area contributed by atoms with Crippen molar-refractivity contribution >= 4 is 74.9 Å². The number of hydrogen-bond acceptors (Lipinski definition) is 8. The third-order valence-electron chi connectivity index (χ3n) is 3.72. The van der Waals surface area contributed by atoms with Gasteiger partial charge in [0, 0.05) is 10.7 Å². The molecule has 0 atom stereocenters. The van der Waals surface area contributed by atoms with Gasteiger partial charge in [0.2, 0.25) is 11.0 Å². The van der Waals surface area contributed by atoms with Gasteiger partial charge in [0.25, 0.3) is 5.91 Å². The van der Waals surface area contributed by atoms with Crippen LogP contribution < -0.4 is 10.6 Å². The highest BCUT2D eigenvalue weighted by Gasteiger charge is 2.15. The first-order chi connectivity index (χ1) is 14.9. The number of thioether (sulfide) groups is 1. The first-order valence-corrected chi connectivity index (χ1v) is 11.1. The van der Waals surface area contributed by atoms with Crippen molar-refractivity contribution in [3.05, 3.63) is 63.6 Å². The summed E-state index contributed by atoms with van der Waals surface area (Å²) in [6, 6.07) is 10.9. The fourth-order valence-electron chi connectivity index (χ4n) is 2.29. The number of methoxy groups -OCH3 is 1. The quantitative estimate of drug-likeness (QED) is 0.279. The average molecular weight is 497 g/mol. The van der Waals surface area contributed by atoms with E-state index in [1.807, 2.05) is 0 Å². The largest absolute Gasteiger partial charge is 0.465 e. The maximum absolute atomic E-state index is 12.3. The first-order valence-electron chi connectivity index (χ1n) is 8.56. The van der Waals surface area contributed by atoms with Gasteiger partial charge in [0.05, 0.1) is 29.0 Å². The van der Waals surface area contributed by atoms with E-state index in [9.17, 15) is 14.4 Å². The van der Waals surface area contributed by atoms with Crippen molar-refractivity contribution in [2.45, 2.75) is 4.34 Å². The van der Waals surface area contributed by atoms with E-state index in [4.69, 9.17) is 23.2 Å². The predicted molar refractivity (Wildman–Crippen MR) is 121 cm³/mol. The lowest BCUT2D eigenvalue weighted by Crippen LogP contribution is -2.14. The van der Waals surface area contributed by atoms with Gasteiger partial charge in [-0.05, 0) is 42.5 Å². The minimum Gasteiger partial charge on any atom is -0.465 e. The zero-order valence-corrected chi connectivity index (χ0v) is 19.0. The zero-order chi connectivity index (χ0) is 22.4. The van der Waals surface area contributed by atoms with Gasteiger partial charge in [0.15, 0.2) is 4.34 Å². The van der Waals surface area contributed by atoms with Gasteiger partial charge >= 0.3 is 5.97 Å². The molecule has 1 heterocycles. The second kappa shape index (κ2) is 10.6. The Kier molecular flexibility index (Phi) is 7.85. The SMILES string of the molecule is COC(=O)c1ccc(NC(=O)CSc2nnc(NC(=O)c3ccc(Cl)cc3Cl)s2)cc1. The second-order valence-electron chi connectivity index (χ2n) is 5.86. The number of ether oxygens (including phenoxy) is 1. The Bertz CT molecular complexity index is 1120. The molecule has 2 amide bonds. The number of nitrogens with one attached hydrogen (secondary N) is 2. The van der Waals surface area contributed by atoms with Crippen LogP contribution >= 0.6 is 46.3 Å². The molecule has 2 aromatic carbocycles. The third kappa shape index (κ3) is 6.41. The third-order valence-corrected chi connectivity index (χ3v) is 6.24. The van der Waals surface area contributed by atoms with Crippen LogP contribution in [0, 0.1) is 0 Å². The van der Waals surface area contributed by atoms with Crippen molar-refractivity contribution in [2.75, 3.05) is 23.5 Å². The lowest BCUT2D eigenvalue weighted by atomic mass is 10.2. The van der Waals surface area contributed by atoms with Crippen LogP contribution in [0.25, 0.3) is 0 Å². The number of aromatic nitrogens is 2. The Balaban J connectivity index is 1.51. The van der Waals surface area contributed by atoms with E-state index in [-0.39, 0.29) is 27.4 Å². The molecular weight excluding hydrogens is 483 g/mol. The summed E-state index contributed by atoms with van der Waals surface area (Å²) >= 11 is 14.2. The molecule has 1 aromatic heterocycles. The Morgan fingerprint density at radius 3 is 2.48 bits per heavy atom. The molecule has 12 heteroatoms. The summed E-state index contributed by atoms with van der Waals surface area (Å²) in [5, 5.41) is 14.1. The highest BCUT2D eigenvalue weighted by Crippen LogP contribution is 2.27. The van der Waals surface area contributed by atoms with Crippen molar-refractivity contribution < 1.29 is 19.1 Å². The Hall–Kier alpha value is -2.66. The maximum Gasteiger partial charge on any atom is 0.337 e. The second-order valence-corrected chi connectivity index (χ2v) is 8.90. The molecule has 0 saturated heterocycles. The van der Waals surface area contributed by atoms with Crippen molar-refractivity contribution in [3.8, 4) is 0 Å². The normalized spacial score (nSPS) is 10.4. The molecule has 3 aromatic rings. The smallest absolute Gasteiger partial charge is 0.337 e. The number of carbonyl (C=O) groups excluding carboxylic acids is 3. The number of hydrogen-bond donors (Lipinski definition) is 2. The molecule has 0 radical (unpaired) electrons. The minimum absolute atomic E-state index is 0.0876. The van der Waals surface area contributed by atoms with Crippen LogP contribution in [0.5, 0.6) is 0 Å². The number of esters is 1. The van der Waals surface area contributed by atoms with E-state index in [0.717, 1.165) is 11.3 Å². The topological polar surface area (TPSA) is 110 Å². The number of amides is 2. The summed E-state index contributed by atoms with van der Waals surface area (Å²) in [5.74, 6) is -1.07. The van der Waals surface area contributed by atoms with Crippen LogP contribution in [0.4, 0.5) is 10.8 Å². The van der Waals surface area contributed by atoms with Crippen molar-refractivity contribution in [3.63, 3.8) is 0 Å². The maximum atomic E-state index is 12.3. The standard InChI is InChI=1S/C19H14Cl2N4O4S2/c1-29-17(28)10-2-5-12(6-3-10)22-15(26)9-30-19-25-24-18(31-19)23-16(27)13-7-4-11(20)8-14(13)21/h2-8H,9H2,1H3,(H,22,26)(H,23,24,27). The van der Waals surface area contributed by atoms with Gasteiger partial charge < -0.3 is 10.1 Å². The van der Waals surface area contributed by atoms with E-state index in [0.29, 0.717) is 20.6 Å². The summed E-state index contributed by atoms with van der Waals surface area (Å²) in [4.78, 5) is 35.9. The van der Waals surface area contributed by atoms with Crippen LogP contribution in [0.3, 0.4) is 0 Å². The van der Waals surface area contributed by atoms with Gasteiger partial charge in [-0.2, -0.15) is 0 Å². The monoisotopic (exact) mass is 496 g/mol. The predicted octanol–water partition coefficient (Wildman–Crippen LogP) is 4.61. The first kappa shape index (κ1) is 23.0. The number of benzene rings is 2. The van der Waals surface area contributed by atoms with E-state index >= 15 is 0 Å². The van der Waals surface area contributed by atoms with Crippen molar-refractivity contribution in [1.29, 1.82) is 0 Å². The summed E-state index contributed by atoms with van der Waals surface area (Å²) in [6.07, 6.45) is 0. The minimum atomic E-state index is -0.453. The van der Waals surface area contributed by atoms with E-state index < -0.39 is 11.9 Å². The lowest BCUT2D eigenvalue weighted by Gasteiger charge is -2.05.